The molecule has 4 nitrogen and oxygen atoms in total. The molecule has 0 radical (unpaired) electrons. The van der Waals surface area contributed by atoms with Crippen LogP contribution in [0.3, 0.4) is 0 Å². The third-order valence-electron chi connectivity index (χ3n) is 4.04. The van der Waals surface area contributed by atoms with Gasteiger partial charge in [0.25, 0.3) is 5.91 Å². The van der Waals surface area contributed by atoms with Crippen molar-refractivity contribution in [3.8, 4) is 0 Å². The standard InChI is InChI=1S/C15H17BrN2O2/c16-10-4-3-5-11(8-10)17-13-9-14(19)18(15(13)20)12-6-1-2-7-12/h3-5,8,12-13,17H,1-2,6-7,9H2. The van der Waals surface area contributed by atoms with E-state index in [9.17, 15) is 9.59 Å². The van der Waals surface area contributed by atoms with Gasteiger partial charge in [0.2, 0.25) is 5.91 Å². The van der Waals surface area contributed by atoms with Crippen LogP contribution in [-0.2, 0) is 9.59 Å². The SMILES string of the molecule is O=C1CC(Nc2cccc(Br)c2)C(=O)N1C1CCCC1. The summed E-state index contributed by atoms with van der Waals surface area (Å²) >= 11 is 3.40. The van der Waals surface area contributed by atoms with Gasteiger partial charge in [-0.05, 0) is 31.0 Å². The minimum absolute atomic E-state index is 0.0330. The van der Waals surface area contributed by atoms with E-state index in [0.717, 1.165) is 35.8 Å². The van der Waals surface area contributed by atoms with Crippen LogP contribution in [0.25, 0.3) is 0 Å². The number of hydrogen-bond acceptors (Lipinski definition) is 3. The average molecular weight is 337 g/mol. The average Bonchev–Trinajstić information content (AvgIpc) is 2.99. The molecule has 1 aromatic carbocycles. The number of carbonyl (C=O) groups excluding carboxylic acids is 2. The number of nitrogens with zero attached hydrogens (tertiary/aromatic N) is 1. The Morgan fingerprint density at radius 3 is 2.65 bits per heavy atom. The van der Waals surface area contributed by atoms with E-state index in [1.54, 1.807) is 0 Å². The molecule has 1 aliphatic carbocycles. The fourth-order valence-corrected chi connectivity index (χ4v) is 3.49. The summed E-state index contributed by atoms with van der Waals surface area (Å²) in [4.78, 5) is 26.0. The lowest BCUT2D eigenvalue weighted by Gasteiger charge is -2.22. The summed E-state index contributed by atoms with van der Waals surface area (Å²) in [5.74, 6) is -0.101. The number of anilines is 1. The molecule has 106 valence electrons. The van der Waals surface area contributed by atoms with E-state index in [-0.39, 0.29) is 24.3 Å². The van der Waals surface area contributed by atoms with Crippen molar-refractivity contribution in [3.05, 3.63) is 28.7 Å². The van der Waals surface area contributed by atoms with E-state index in [2.05, 4.69) is 21.2 Å². The lowest BCUT2D eigenvalue weighted by molar-refractivity contribution is -0.141. The van der Waals surface area contributed by atoms with Crippen LogP contribution in [0.1, 0.15) is 32.1 Å². The number of likely N-dealkylation sites (tertiary alicyclic amines) is 1. The Bertz CT molecular complexity index is 540. The minimum atomic E-state index is -0.419. The third kappa shape index (κ3) is 2.59. The first kappa shape index (κ1) is 13.6. The van der Waals surface area contributed by atoms with Crippen molar-refractivity contribution in [1.29, 1.82) is 0 Å². The zero-order valence-electron chi connectivity index (χ0n) is 11.1. The van der Waals surface area contributed by atoms with E-state index in [0.29, 0.717) is 0 Å². The van der Waals surface area contributed by atoms with Crippen LogP contribution in [0.5, 0.6) is 0 Å². The largest absolute Gasteiger partial charge is 0.373 e. The maximum Gasteiger partial charge on any atom is 0.252 e. The van der Waals surface area contributed by atoms with E-state index in [4.69, 9.17) is 0 Å². The molecule has 2 amide bonds. The van der Waals surface area contributed by atoms with Crippen LogP contribution < -0.4 is 5.32 Å². The molecule has 1 heterocycles. The molecule has 1 aliphatic heterocycles. The highest BCUT2D eigenvalue weighted by Crippen LogP contribution is 2.29. The predicted octanol–water partition coefficient (Wildman–Crippen LogP) is 2.93. The predicted molar refractivity (Wildman–Crippen MR) is 80.3 cm³/mol. The van der Waals surface area contributed by atoms with Crippen LogP contribution in [0, 0.1) is 0 Å². The molecular formula is C15H17BrN2O2. The van der Waals surface area contributed by atoms with Gasteiger partial charge in [-0.15, -0.1) is 0 Å². The Balaban J connectivity index is 1.72. The summed E-state index contributed by atoms with van der Waals surface area (Å²) < 4.78 is 0.951. The molecule has 1 atom stereocenters. The van der Waals surface area contributed by atoms with Crippen molar-refractivity contribution in [2.75, 3.05) is 5.32 Å². The van der Waals surface area contributed by atoms with Crippen LogP contribution in [0.2, 0.25) is 0 Å². The van der Waals surface area contributed by atoms with E-state index in [1.165, 1.54) is 4.90 Å². The molecule has 20 heavy (non-hydrogen) atoms. The maximum absolute atomic E-state index is 12.4. The number of imide groups is 1. The van der Waals surface area contributed by atoms with E-state index < -0.39 is 6.04 Å². The first-order valence-electron chi connectivity index (χ1n) is 7.03. The van der Waals surface area contributed by atoms with Gasteiger partial charge in [-0.1, -0.05) is 34.8 Å². The van der Waals surface area contributed by atoms with Crippen molar-refractivity contribution in [1.82, 2.24) is 4.90 Å². The number of rotatable bonds is 3. The molecule has 1 saturated heterocycles. The molecule has 0 aromatic heterocycles. The van der Waals surface area contributed by atoms with Crippen molar-refractivity contribution in [3.63, 3.8) is 0 Å². The highest BCUT2D eigenvalue weighted by molar-refractivity contribution is 9.10. The normalized spacial score (nSPS) is 23.6. The van der Waals surface area contributed by atoms with Gasteiger partial charge in [0.15, 0.2) is 0 Å². The molecule has 1 unspecified atom stereocenters. The van der Waals surface area contributed by atoms with Gasteiger partial charge in [0.1, 0.15) is 6.04 Å². The molecule has 1 saturated carbocycles. The third-order valence-corrected chi connectivity index (χ3v) is 4.53. The Kier molecular flexibility index (Phi) is 3.78. The molecule has 2 aliphatic rings. The Morgan fingerprint density at radius 2 is 1.95 bits per heavy atom. The zero-order chi connectivity index (χ0) is 14.1. The fraction of sp³-hybridized carbons (Fsp3) is 0.467. The van der Waals surface area contributed by atoms with E-state index in [1.807, 2.05) is 24.3 Å². The number of hydrogen-bond donors (Lipinski definition) is 1. The maximum atomic E-state index is 12.4. The highest BCUT2D eigenvalue weighted by Gasteiger charge is 2.42. The monoisotopic (exact) mass is 336 g/mol. The molecule has 0 bridgehead atoms. The number of benzene rings is 1. The minimum Gasteiger partial charge on any atom is -0.373 e. The van der Waals surface area contributed by atoms with Gasteiger partial charge >= 0.3 is 0 Å². The summed E-state index contributed by atoms with van der Waals surface area (Å²) in [6.07, 6.45) is 4.42. The molecule has 2 fully saturated rings. The van der Waals surface area contributed by atoms with Gasteiger partial charge in [-0.2, -0.15) is 0 Å². The van der Waals surface area contributed by atoms with Crippen LogP contribution in [0.4, 0.5) is 5.69 Å². The van der Waals surface area contributed by atoms with Gasteiger partial charge in [0, 0.05) is 16.2 Å². The quantitative estimate of drug-likeness (QED) is 0.863. The molecule has 1 aromatic rings. The van der Waals surface area contributed by atoms with Gasteiger partial charge in [-0.25, -0.2) is 0 Å². The topological polar surface area (TPSA) is 49.4 Å². The van der Waals surface area contributed by atoms with Crippen molar-refractivity contribution in [2.45, 2.75) is 44.2 Å². The van der Waals surface area contributed by atoms with E-state index >= 15 is 0 Å². The van der Waals surface area contributed by atoms with Gasteiger partial charge in [0.05, 0.1) is 6.42 Å². The van der Waals surface area contributed by atoms with Gasteiger partial charge < -0.3 is 5.32 Å². The lowest BCUT2D eigenvalue weighted by atomic mass is 10.2. The Morgan fingerprint density at radius 1 is 1.20 bits per heavy atom. The highest BCUT2D eigenvalue weighted by atomic mass is 79.9. The number of amides is 2. The smallest absolute Gasteiger partial charge is 0.252 e. The fourth-order valence-electron chi connectivity index (χ4n) is 3.09. The molecule has 3 rings (SSSR count). The van der Waals surface area contributed by atoms with Crippen LogP contribution in [0.15, 0.2) is 28.7 Å². The lowest BCUT2D eigenvalue weighted by Crippen LogP contribution is -2.40. The summed E-state index contributed by atoms with van der Waals surface area (Å²) in [6.45, 7) is 0. The second kappa shape index (κ2) is 5.56. The first-order valence-corrected chi connectivity index (χ1v) is 7.82. The first-order chi connectivity index (χ1) is 9.65. The molecule has 5 heteroatoms. The zero-order valence-corrected chi connectivity index (χ0v) is 12.7. The summed E-state index contributed by atoms with van der Waals surface area (Å²) in [6, 6.07) is 7.36. The Hall–Kier alpha value is -1.36. The molecular weight excluding hydrogens is 320 g/mol. The second-order valence-corrected chi connectivity index (χ2v) is 6.37. The van der Waals surface area contributed by atoms with Gasteiger partial charge in [-0.3, -0.25) is 14.5 Å². The second-order valence-electron chi connectivity index (χ2n) is 5.45. The number of carbonyl (C=O) groups is 2. The van der Waals surface area contributed by atoms with Crippen molar-refractivity contribution >= 4 is 33.4 Å². The van der Waals surface area contributed by atoms with Crippen molar-refractivity contribution in [2.24, 2.45) is 0 Å². The van der Waals surface area contributed by atoms with Crippen LogP contribution >= 0.6 is 15.9 Å². The molecule has 1 N–H and O–H groups in total. The Labute approximate surface area is 126 Å². The van der Waals surface area contributed by atoms with Crippen molar-refractivity contribution < 1.29 is 9.59 Å². The summed E-state index contributed by atoms with van der Waals surface area (Å²) in [5.41, 5.74) is 0.860. The number of nitrogens with one attached hydrogen (secondary N) is 1. The summed E-state index contributed by atoms with van der Waals surface area (Å²) in [5, 5.41) is 3.17. The van der Waals surface area contributed by atoms with Crippen LogP contribution in [-0.4, -0.2) is 28.8 Å². The molecule has 0 spiro atoms. The number of halogens is 1. The summed E-state index contributed by atoms with van der Waals surface area (Å²) in [7, 11) is 0.